The van der Waals surface area contributed by atoms with Gasteiger partial charge in [0.25, 0.3) is 5.91 Å². The van der Waals surface area contributed by atoms with Gasteiger partial charge in [0, 0.05) is 18.5 Å². The molecule has 2 aromatic rings. The first-order chi connectivity index (χ1) is 11.2. The number of carbonyl (C=O) groups excluding carboxylic acids is 1. The van der Waals surface area contributed by atoms with Gasteiger partial charge in [0.05, 0.1) is 5.69 Å². The van der Waals surface area contributed by atoms with Crippen molar-refractivity contribution in [1.82, 2.24) is 19.7 Å². The zero-order chi connectivity index (χ0) is 15.8. The molecule has 2 heterocycles. The van der Waals surface area contributed by atoms with Gasteiger partial charge in [0.2, 0.25) is 5.82 Å². The molecule has 0 bridgehead atoms. The first-order valence-electron chi connectivity index (χ1n) is 8.57. The standard InChI is InChI=1S/C18H22N4O/c1-13-7-5-6-12-21(13)18(23)16-19-17(14-10-11-14)22(20-16)15-8-3-2-4-9-15/h2-4,8-9,13-14H,5-7,10-12H2,1H3/t13-/m1/s1. The topological polar surface area (TPSA) is 51.0 Å². The third-order valence-corrected chi connectivity index (χ3v) is 4.83. The molecule has 4 rings (SSSR count). The zero-order valence-corrected chi connectivity index (χ0v) is 13.5. The number of likely N-dealkylation sites (tertiary alicyclic amines) is 1. The van der Waals surface area contributed by atoms with Crippen LogP contribution in [0.25, 0.3) is 5.69 Å². The van der Waals surface area contributed by atoms with Crippen LogP contribution in [0.1, 0.15) is 61.4 Å². The third kappa shape index (κ3) is 2.76. The number of piperidine rings is 1. The highest BCUT2D eigenvalue weighted by Crippen LogP contribution is 2.39. The largest absolute Gasteiger partial charge is 0.333 e. The Labute approximate surface area is 136 Å². The Kier molecular flexibility index (Phi) is 3.63. The molecule has 5 nitrogen and oxygen atoms in total. The fraction of sp³-hybridized carbons (Fsp3) is 0.500. The Morgan fingerprint density at radius 3 is 2.61 bits per heavy atom. The van der Waals surface area contributed by atoms with Gasteiger partial charge in [-0.05, 0) is 51.2 Å². The second kappa shape index (κ2) is 5.80. The van der Waals surface area contributed by atoms with Crippen LogP contribution in [0.3, 0.4) is 0 Å². The molecule has 0 unspecified atom stereocenters. The number of hydrogen-bond donors (Lipinski definition) is 0. The van der Waals surface area contributed by atoms with Gasteiger partial charge >= 0.3 is 0 Å². The van der Waals surface area contributed by atoms with E-state index in [0.717, 1.165) is 43.7 Å². The van der Waals surface area contributed by atoms with Crippen molar-refractivity contribution >= 4 is 5.91 Å². The van der Waals surface area contributed by atoms with Crippen molar-refractivity contribution in [3.63, 3.8) is 0 Å². The highest BCUT2D eigenvalue weighted by atomic mass is 16.2. The molecule has 120 valence electrons. The summed E-state index contributed by atoms with van der Waals surface area (Å²) in [5.74, 6) is 1.71. The average molecular weight is 310 g/mol. The van der Waals surface area contributed by atoms with Gasteiger partial charge in [-0.3, -0.25) is 4.79 Å². The molecule has 23 heavy (non-hydrogen) atoms. The summed E-state index contributed by atoms with van der Waals surface area (Å²) in [5, 5.41) is 4.57. The predicted molar refractivity (Wildman–Crippen MR) is 87.7 cm³/mol. The van der Waals surface area contributed by atoms with Crippen LogP contribution < -0.4 is 0 Å². The molecule has 1 saturated carbocycles. The lowest BCUT2D eigenvalue weighted by Crippen LogP contribution is -2.42. The molecule has 1 amide bonds. The Bertz CT molecular complexity index is 705. The van der Waals surface area contributed by atoms with Gasteiger partial charge < -0.3 is 4.90 Å². The van der Waals surface area contributed by atoms with Gasteiger partial charge in [0.15, 0.2) is 0 Å². The lowest BCUT2D eigenvalue weighted by molar-refractivity contribution is 0.0623. The number of hydrogen-bond acceptors (Lipinski definition) is 3. The summed E-state index contributed by atoms with van der Waals surface area (Å²) in [4.78, 5) is 19.4. The van der Waals surface area contributed by atoms with E-state index in [0.29, 0.717) is 11.7 Å². The van der Waals surface area contributed by atoms with Crippen molar-refractivity contribution in [3.8, 4) is 5.69 Å². The molecule has 0 N–H and O–H groups in total. The van der Waals surface area contributed by atoms with Crippen LogP contribution in [0.2, 0.25) is 0 Å². The van der Waals surface area contributed by atoms with E-state index in [1.165, 1.54) is 6.42 Å². The number of nitrogens with zero attached hydrogens (tertiary/aromatic N) is 4. The van der Waals surface area contributed by atoms with E-state index in [4.69, 9.17) is 0 Å². The summed E-state index contributed by atoms with van der Waals surface area (Å²) in [5.41, 5.74) is 0.979. The minimum absolute atomic E-state index is 0.0196. The number of aromatic nitrogens is 3. The summed E-state index contributed by atoms with van der Waals surface area (Å²) >= 11 is 0. The third-order valence-electron chi connectivity index (χ3n) is 4.83. The molecule has 1 aromatic heterocycles. The molecule has 0 spiro atoms. The van der Waals surface area contributed by atoms with E-state index < -0.39 is 0 Å². The molecule has 5 heteroatoms. The Hall–Kier alpha value is -2.17. The summed E-state index contributed by atoms with van der Waals surface area (Å²) in [7, 11) is 0. The van der Waals surface area contributed by atoms with Crippen molar-refractivity contribution in [2.45, 2.75) is 51.0 Å². The van der Waals surface area contributed by atoms with Crippen molar-refractivity contribution in [3.05, 3.63) is 42.0 Å². The maximum absolute atomic E-state index is 12.8. The summed E-state index contributed by atoms with van der Waals surface area (Å²) in [6.07, 6.45) is 5.62. The van der Waals surface area contributed by atoms with Crippen molar-refractivity contribution in [1.29, 1.82) is 0 Å². The molecule has 1 aromatic carbocycles. The second-order valence-electron chi connectivity index (χ2n) is 6.66. The first kappa shape index (κ1) is 14.4. The van der Waals surface area contributed by atoms with E-state index in [1.54, 1.807) is 0 Å². The number of benzene rings is 1. The van der Waals surface area contributed by atoms with E-state index in [1.807, 2.05) is 39.9 Å². The van der Waals surface area contributed by atoms with E-state index in [9.17, 15) is 4.79 Å². The average Bonchev–Trinajstić information content (AvgIpc) is 3.34. The number of carbonyl (C=O) groups is 1. The Morgan fingerprint density at radius 2 is 1.91 bits per heavy atom. The molecular formula is C18H22N4O. The van der Waals surface area contributed by atoms with Crippen LogP contribution in [0.4, 0.5) is 0 Å². The monoisotopic (exact) mass is 310 g/mol. The van der Waals surface area contributed by atoms with Gasteiger partial charge in [-0.1, -0.05) is 18.2 Å². The predicted octanol–water partition coefficient (Wildman–Crippen LogP) is 3.16. The molecule has 1 aliphatic carbocycles. The highest BCUT2D eigenvalue weighted by Gasteiger charge is 2.33. The summed E-state index contributed by atoms with van der Waals surface area (Å²) in [6.45, 7) is 2.94. The molecule has 2 fully saturated rings. The van der Waals surface area contributed by atoms with Crippen molar-refractivity contribution in [2.24, 2.45) is 0 Å². The summed E-state index contributed by atoms with van der Waals surface area (Å²) in [6, 6.07) is 10.3. The van der Waals surface area contributed by atoms with Crippen LogP contribution in [0, 0.1) is 0 Å². The van der Waals surface area contributed by atoms with Crippen LogP contribution in [0.15, 0.2) is 30.3 Å². The number of para-hydroxylation sites is 1. The fourth-order valence-corrected chi connectivity index (χ4v) is 3.31. The smallest absolute Gasteiger partial charge is 0.293 e. The van der Waals surface area contributed by atoms with E-state index in [-0.39, 0.29) is 11.9 Å². The van der Waals surface area contributed by atoms with Crippen molar-refractivity contribution < 1.29 is 4.79 Å². The zero-order valence-electron chi connectivity index (χ0n) is 13.5. The SMILES string of the molecule is C[C@@H]1CCCCN1C(=O)c1nc(C2CC2)n(-c2ccccc2)n1. The van der Waals surface area contributed by atoms with Crippen LogP contribution in [0.5, 0.6) is 0 Å². The maximum Gasteiger partial charge on any atom is 0.293 e. The van der Waals surface area contributed by atoms with Crippen LogP contribution in [-0.2, 0) is 0 Å². The molecule has 1 aliphatic heterocycles. The van der Waals surface area contributed by atoms with Gasteiger partial charge in [0.1, 0.15) is 5.82 Å². The number of rotatable bonds is 3. The summed E-state index contributed by atoms with van der Waals surface area (Å²) < 4.78 is 1.86. The van der Waals surface area contributed by atoms with E-state index in [2.05, 4.69) is 17.0 Å². The Morgan fingerprint density at radius 1 is 1.13 bits per heavy atom. The van der Waals surface area contributed by atoms with E-state index >= 15 is 0 Å². The normalized spacial score (nSPS) is 21.4. The molecule has 1 atom stereocenters. The first-order valence-corrected chi connectivity index (χ1v) is 8.57. The van der Waals surface area contributed by atoms with Gasteiger partial charge in [-0.15, -0.1) is 5.10 Å². The maximum atomic E-state index is 12.8. The van der Waals surface area contributed by atoms with Crippen LogP contribution >= 0.6 is 0 Å². The molecule has 1 saturated heterocycles. The molecular weight excluding hydrogens is 288 g/mol. The highest BCUT2D eigenvalue weighted by molar-refractivity contribution is 5.90. The molecule has 0 radical (unpaired) electrons. The minimum Gasteiger partial charge on any atom is -0.333 e. The fourth-order valence-electron chi connectivity index (χ4n) is 3.31. The number of amides is 1. The van der Waals surface area contributed by atoms with Gasteiger partial charge in [-0.25, -0.2) is 9.67 Å². The molecule has 2 aliphatic rings. The van der Waals surface area contributed by atoms with Crippen LogP contribution in [-0.4, -0.2) is 38.2 Å². The van der Waals surface area contributed by atoms with Crippen molar-refractivity contribution in [2.75, 3.05) is 6.54 Å². The quantitative estimate of drug-likeness (QED) is 0.875. The minimum atomic E-state index is -0.0196. The lowest BCUT2D eigenvalue weighted by atomic mass is 10.0. The second-order valence-corrected chi connectivity index (χ2v) is 6.66. The van der Waals surface area contributed by atoms with Gasteiger partial charge in [-0.2, -0.15) is 0 Å². The Balaban J connectivity index is 1.68. The lowest BCUT2D eigenvalue weighted by Gasteiger charge is -2.32.